The van der Waals surface area contributed by atoms with Gasteiger partial charge >= 0.3 is 0 Å². The van der Waals surface area contributed by atoms with Gasteiger partial charge in [-0.15, -0.1) is 22.7 Å². The standard InChI is InChI=1S/C11H12BrNOS2/c12-9-3-5-16-11(9)10(7-14)13-6-8-2-1-4-15-8/h1-5,10,13-14H,6-7H2. The van der Waals surface area contributed by atoms with Crippen molar-refractivity contribution in [2.24, 2.45) is 0 Å². The summed E-state index contributed by atoms with van der Waals surface area (Å²) in [6, 6.07) is 6.15. The summed E-state index contributed by atoms with van der Waals surface area (Å²) in [4.78, 5) is 2.44. The first-order valence-electron chi connectivity index (χ1n) is 4.90. The van der Waals surface area contributed by atoms with E-state index in [0.717, 1.165) is 15.9 Å². The molecule has 86 valence electrons. The lowest BCUT2D eigenvalue weighted by molar-refractivity contribution is 0.245. The van der Waals surface area contributed by atoms with E-state index in [1.807, 2.05) is 17.5 Å². The summed E-state index contributed by atoms with van der Waals surface area (Å²) in [6.45, 7) is 0.914. The maximum Gasteiger partial charge on any atom is 0.0664 e. The Balaban J connectivity index is 1.99. The fourth-order valence-electron chi connectivity index (χ4n) is 1.43. The monoisotopic (exact) mass is 317 g/mol. The molecule has 2 N–H and O–H groups in total. The molecule has 5 heteroatoms. The fraction of sp³-hybridized carbons (Fsp3) is 0.273. The van der Waals surface area contributed by atoms with Gasteiger partial charge in [0.05, 0.1) is 12.6 Å². The normalized spacial score (nSPS) is 12.9. The van der Waals surface area contributed by atoms with Crippen LogP contribution in [0.3, 0.4) is 0 Å². The first-order chi connectivity index (χ1) is 7.81. The van der Waals surface area contributed by atoms with Crippen molar-refractivity contribution in [3.63, 3.8) is 0 Å². The molecule has 0 spiro atoms. The lowest BCUT2D eigenvalue weighted by atomic mass is 10.2. The molecule has 0 fully saturated rings. The van der Waals surface area contributed by atoms with Crippen LogP contribution in [0.2, 0.25) is 0 Å². The molecule has 0 aliphatic carbocycles. The highest BCUT2D eigenvalue weighted by Gasteiger charge is 2.14. The topological polar surface area (TPSA) is 32.3 Å². The van der Waals surface area contributed by atoms with Gasteiger partial charge in [0.1, 0.15) is 0 Å². The van der Waals surface area contributed by atoms with Crippen LogP contribution in [0, 0.1) is 0 Å². The quantitative estimate of drug-likeness (QED) is 0.886. The molecule has 0 aliphatic heterocycles. The van der Waals surface area contributed by atoms with E-state index in [1.54, 1.807) is 22.7 Å². The SMILES string of the molecule is OCC(NCc1cccs1)c1sccc1Br. The van der Waals surface area contributed by atoms with Crippen LogP contribution in [0.1, 0.15) is 15.8 Å². The van der Waals surface area contributed by atoms with E-state index < -0.39 is 0 Å². The highest BCUT2D eigenvalue weighted by molar-refractivity contribution is 9.10. The second kappa shape index (κ2) is 5.93. The highest BCUT2D eigenvalue weighted by Crippen LogP contribution is 2.29. The second-order valence-electron chi connectivity index (χ2n) is 3.33. The Bertz CT molecular complexity index is 427. The third-order valence-corrected chi connectivity index (χ3v) is 5.11. The van der Waals surface area contributed by atoms with Gasteiger partial charge in [-0.25, -0.2) is 0 Å². The van der Waals surface area contributed by atoms with Gasteiger partial charge in [0.2, 0.25) is 0 Å². The molecule has 0 saturated carbocycles. The molecular formula is C11H12BrNOS2. The number of halogens is 1. The van der Waals surface area contributed by atoms with Crippen LogP contribution in [0.15, 0.2) is 33.4 Å². The zero-order valence-corrected chi connectivity index (χ0v) is 11.7. The van der Waals surface area contributed by atoms with Crippen LogP contribution >= 0.6 is 38.6 Å². The zero-order valence-electron chi connectivity index (χ0n) is 8.52. The number of thiophene rings is 2. The van der Waals surface area contributed by atoms with E-state index in [4.69, 9.17) is 0 Å². The fourth-order valence-corrected chi connectivity index (χ4v) is 3.80. The molecule has 16 heavy (non-hydrogen) atoms. The molecule has 0 aromatic carbocycles. The number of aliphatic hydroxyl groups is 1. The molecule has 2 rings (SSSR count). The van der Waals surface area contributed by atoms with E-state index in [9.17, 15) is 5.11 Å². The maximum absolute atomic E-state index is 9.38. The van der Waals surface area contributed by atoms with Crippen molar-refractivity contribution in [3.8, 4) is 0 Å². The maximum atomic E-state index is 9.38. The largest absolute Gasteiger partial charge is 0.394 e. The molecule has 1 unspecified atom stereocenters. The molecular weight excluding hydrogens is 306 g/mol. The highest BCUT2D eigenvalue weighted by atomic mass is 79.9. The van der Waals surface area contributed by atoms with Crippen LogP contribution in [-0.4, -0.2) is 11.7 Å². The summed E-state index contributed by atoms with van der Waals surface area (Å²) in [5, 5.41) is 16.8. The summed E-state index contributed by atoms with van der Waals surface area (Å²) in [7, 11) is 0. The van der Waals surface area contributed by atoms with Gasteiger partial charge in [0.15, 0.2) is 0 Å². The summed E-state index contributed by atoms with van der Waals surface area (Å²) in [5.41, 5.74) is 0. The molecule has 0 radical (unpaired) electrons. The molecule has 0 saturated heterocycles. The number of hydrogen-bond acceptors (Lipinski definition) is 4. The number of nitrogens with one attached hydrogen (secondary N) is 1. The van der Waals surface area contributed by atoms with E-state index in [0.29, 0.717) is 0 Å². The Morgan fingerprint density at radius 1 is 1.31 bits per heavy atom. The van der Waals surface area contributed by atoms with Gasteiger partial charge in [0, 0.05) is 20.8 Å². The molecule has 2 aromatic rings. The van der Waals surface area contributed by atoms with Crippen LogP contribution in [0.25, 0.3) is 0 Å². The summed E-state index contributed by atoms with van der Waals surface area (Å²) < 4.78 is 1.07. The third kappa shape index (κ3) is 2.93. The summed E-state index contributed by atoms with van der Waals surface area (Å²) >= 11 is 6.87. The van der Waals surface area contributed by atoms with Gasteiger partial charge in [-0.05, 0) is 38.8 Å². The third-order valence-electron chi connectivity index (χ3n) is 2.25. The molecule has 2 nitrogen and oxygen atoms in total. The van der Waals surface area contributed by atoms with Crippen molar-refractivity contribution in [3.05, 3.63) is 43.2 Å². The van der Waals surface area contributed by atoms with Crippen molar-refractivity contribution in [1.82, 2.24) is 5.32 Å². The van der Waals surface area contributed by atoms with Gasteiger partial charge in [-0.3, -0.25) is 0 Å². The van der Waals surface area contributed by atoms with Crippen molar-refractivity contribution in [2.45, 2.75) is 12.6 Å². The minimum Gasteiger partial charge on any atom is -0.394 e. The van der Waals surface area contributed by atoms with Crippen LogP contribution in [-0.2, 0) is 6.54 Å². The van der Waals surface area contributed by atoms with Crippen LogP contribution in [0.4, 0.5) is 0 Å². The van der Waals surface area contributed by atoms with Gasteiger partial charge in [-0.1, -0.05) is 6.07 Å². The van der Waals surface area contributed by atoms with Crippen molar-refractivity contribution in [1.29, 1.82) is 0 Å². The minimum atomic E-state index is 0.0106. The average Bonchev–Trinajstić information content (AvgIpc) is 2.92. The second-order valence-corrected chi connectivity index (χ2v) is 6.16. The zero-order chi connectivity index (χ0) is 11.4. The number of hydrogen-bond donors (Lipinski definition) is 2. The van der Waals surface area contributed by atoms with E-state index in [2.05, 4.69) is 32.7 Å². The lowest BCUT2D eigenvalue weighted by Crippen LogP contribution is -2.23. The van der Waals surface area contributed by atoms with E-state index >= 15 is 0 Å². The molecule has 0 amide bonds. The van der Waals surface area contributed by atoms with E-state index in [-0.39, 0.29) is 12.6 Å². The molecule has 2 heterocycles. The van der Waals surface area contributed by atoms with E-state index in [1.165, 1.54) is 4.88 Å². The summed E-state index contributed by atoms with van der Waals surface area (Å²) in [5.74, 6) is 0. The first kappa shape index (κ1) is 12.3. The minimum absolute atomic E-state index is 0.0106. The van der Waals surface area contributed by atoms with Crippen LogP contribution in [0.5, 0.6) is 0 Å². The first-order valence-corrected chi connectivity index (χ1v) is 7.46. The Hall–Kier alpha value is -0.200. The Kier molecular flexibility index (Phi) is 4.55. The van der Waals surface area contributed by atoms with Crippen LogP contribution < -0.4 is 5.32 Å². The Morgan fingerprint density at radius 3 is 2.75 bits per heavy atom. The Morgan fingerprint density at radius 2 is 2.19 bits per heavy atom. The lowest BCUT2D eigenvalue weighted by Gasteiger charge is -2.14. The Labute approximate surface area is 111 Å². The van der Waals surface area contributed by atoms with Gasteiger partial charge in [0.25, 0.3) is 0 Å². The smallest absolute Gasteiger partial charge is 0.0664 e. The predicted octanol–water partition coefficient (Wildman–Crippen LogP) is 3.40. The van der Waals surface area contributed by atoms with Gasteiger partial charge in [-0.2, -0.15) is 0 Å². The summed E-state index contributed by atoms with van der Waals surface area (Å²) in [6.07, 6.45) is 0. The predicted molar refractivity (Wildman–Crippen MR) is 73.0 cm³/mol. The average molecular weight is 318 g/mol. The molecule has 2 aromatic heterocycles. The van der Waals surface area contributed by atoms with Crippen molar-refractivity contribution >= 4 is 38.6 Å². The molecule has 0 aliphatic rings. The number of aliphatic hydroxyl groups excluding tert-OH is 1. The van der Waals surface area contributed by atoms with Crippen molar-refractivity contribution in [2.75, 3.05) is 6.61 Å². The van der Waals surface area contributed by atoms with Crippen molar-refractivity contribution < 1.29 is 5.11 Å². The molecule has 1 atom stereocenters. The molecule has 0 bridgehead atoms. The number of rotatable bonds is 5. The van der Waals surface area contributed by atoms with Gasteiger partial charge < -0.3 is 10.4 Å².